The molecule has 0 saturated heterocycles. The molecule has 0 aromatic heterocycles. The van der Waals surface area contributed by atoms with Crippen molar-refractivity contribution in [3.8, 4) is 11.1 Å². The minimum atomic E-state index is -0.926. The summed E-state index contributed by atoms with van der Waals surface area (Å²) in [5.41, 5.74) is 2.91. The molecule has 0 saturated carbocycles. The van der Waals surface area contributed by atoms with E-state index in [0.717, 1.165) is 11.1 Å². The quantitative estimate of drug-likeness (QED) is 0.866. The number of hydrogen-bond acceptors (Lipinski definition) is 2. The maximum absolute atomic E-state index is 11.1. The average molecular weight is 242 g/mol. The van der Waals surface area contributed by atoms with Crippen molar-refractivity contribution in [2.45, 2.75) is 6.42 Å². The molecular weight excluding hydrogens is 228 g/mol. The third-order valence-corrected chi connectivity index (χ3v) is 2.82. The number of carbonyl (C=O) groups is 1. The van der Waals surface area contributed by atoms with Crippen LogP contribution < -0.4 is 0 Å². The van der Waals surface area contributed by atoms with Crippen LogP contribution in [0.15, 0.2) is 48.5 Å². The van der Waals surface area contributed by atoms with Crippen molar-refractivity contribution >= 4 is 5.97 Å². The summed E-state index contributed by atoms with van der Waals surface area (Å²) >= 11 is 0. The molecule has 0 spiro atoms. The summed E-state index contributed by atoms with van der Waals surface area (Å²) in [7, 11) is 0. The highest BCUT2D eigenvalue weighted by atomic mass is 16.4. The van der Waals surface area contributed by atoms with E-state index >= 15 is 0 Å². The number of aliphatic hydroxyl groups is 1. The van der Waals surface area contributed by atoms with Crippen LogP contribution in [0, 0.1) is 0 Å². The lowest BCUT2D eigenvalue weighted by atomic mass is 9.98. The number of rotatable bonds is 4. The summed E-state index contributed by atoms with van der Waals surface area (Å²) in [6, 6.07) is 14.5. The van der Waals surface area contributed by atoms with Gasteiger partial charge in [0.25, 0.3) is 0 Å². The van der Waals surface area contributed by atoms with E-state index in [-0.39, 0.29) is 6.61 Å². The molecule has 2 aromatic rings. The Labute approximate surface area is 105 Å². The molecule has 18 heavy (non-hydrogen) atoms. The van der Waals surface area contributed by atoms with Crippen molar-refractivity contribution in [1.29, 1.82) is 0 Å². The second-order valence-corrected chi connectivity index (χ2v) is 4.02. The van der Waals surface area contributed by atoms with Crippen LogP contribution in [0.5, 0.6) is 0 Å². The summed E-state index contributed by atoms with van der Waals surface area (Å²) in [4.78, 5) is 11.1. The molecule has 3 nitrogen and oxygen atoms in total. The molecule has 0 aliphatic rings. The third kappa shape index (κ3) is 2.57. The summed E-state index contributed by atoms with van der Waals surface area (Å²) in [6.07, 6.45) is 0.612. The molecule has 0 unspecified atom stereocenters. The van der Waals surface area contributed by atoms with E-state index in [9.17, 15) is 4.79 Å². The largest absolute Gasteiger partial charge is 0.478 e. The van der Waals surface area contributed by atoms with Gasteiger partial charge >= 0.3 is 5.97 Å². The summed E-state index contributed by atoms with van der Waals surface area (Å²) in [5.74, 6) is -0.926. The third-order valence-electron chi connectivity index (χ3n) is 2.82. The van der Waals surface area contributed by atoms with Crippen LogP contribution in [0.3, 0.4) is 0 Å². The molecule has 2 N–H and O–H groups in total. The maximum Gasteiger partial charge on any atom is 0.336 e. The lowest BCUT2D eigenvalue weighted by molar-refractivity contribution is 0.0697. The van der Waals surface area contributed by atoms with Crippen molar-refractivity contribution in [2.24, 2.45) is 0 Å². The fourth-order valence-corrected chi connectivity index (χ4v) is 1.90. The fourth-order valence-electron chi connectivity index (χ4n) is 1.90. The topological polar surface area (TPSA) is 57.5 Å². The number of aromatic carboxylic acids is 1. The van der Waals surface area contributed by atoms with Gasteiger partial charge in [-0.25, -0.2) is 4.79 Å². The molecule has 2 aromatic carbocycles. The standard InChI is InChI=1S/C15H14O3/c16-10-9-11-5-7-12(8-6-11)13-3-1-2-4-14(13)15(17)18/h1-8,16H,9-10H2,(H,17,18). The van der Waals surface area contributed by atoms with Crippen molar-refractivity contribution < 1.29 is 15.0 Å². The first-order valence-electron chi connectivity index (χ1n) is 5.75. The lowest BCUT2D eigenvalue weighted by Gasteiger charge is -2.07. The smallest absolute Gasteiger partial charge is 0.336 e. The molecule has 2 rings (SSSR count). The van der Waals surface area contributed by atoms with Crippen LogP contribution >= 0.6 is 0 Å². The van der Waals surface area contributed by atoms with E-state index in [1.54, 1.807) is 18.2 Å². The van der Waals surface area contributed by atoms with E-state index in [2.05, 4.69) is 0 Å². The van der Waals surface area contributed by atoms with Crippen molar-refractivity contribution in [1.82, 2.24) is 0 Å². The molecule has 0 radical (unpaired) electrons. The Balaban J connectivity index is 2.39. The SMILES string of the molecule is O=C(O)c1ccccc1-c1ccc(CCO)cc1. The van der Waals surface area contributed by atoms with Gasteiger partial charge in [0.2, 0.25) is 0 Å². The van der Waals surface area contributed by atoms with Gasteiger partial charge < -0.3 is 10.2 Å². The van der Waals surface area contributed by atoms with Gasteiger partial charge in [-0.2, -0.15) is 0 Å². The molecule has 0 aliphatic carbocycles. The first kappa shape index (κ1) is 12.3. The molecule has 0 amide bonds. The number of carboxylic acid groups (broad SMARTS) is 1. The van der Waals surface area contributed by atoms with Gasteiger partial charge in [-0.3, -0.25) is 0 Å². The fraction of sp³-hybridized carbons (Fsp3) is 0.133. The van der Waals surface area contributed by atoms with Gasteiger partial charge in [0.05, 0.1) is 5.56 Å². The van der Waals surface area contributed by atoms with E-state index in [1.165, 1.54) is 0 Å². The summed E-state index contributed by atoms with van der Waals surface area (Å²) < 4.78 is 0. The first-order valence-corrected chi connectivity index (χ1v) is 5.75. The molecule has 0 heterocycles. The Kier molecular flexibility index (Phi) is 3.75. The normalized spacial score (nSPS) is 10.3. The molecule has 92 valence electrons. The van der Waals surface area contributed by atoms with Gasteiger partial charge in [-0.1, -0.05) is 42.5 Å². The van der Waals surface area contributed by atoms with Crippen LogP contribution in [-0.4, -0.2) is 22.8 Å². The van der Waals surface area contributed by atoms with E-state index in [0.29, 0.717) is 17.5 Å². The number of carboxylic acids is 1. The number of benzene rings is 2. The van der Waals surface area contributed by atoms with Crippen molar-refractivity contribution in [2.75, 3.05) is 6.61 Å². The van der Waals surface area contributed by atoms with Gasteiger partial charge in [-0.15, -0.1) is 0 Å². The molecular formula is C15H14O3. The Morgan fingerprint density at radius 1 is 1.00 bits per heavy atom. The van der Waals surface area contributed by atoms with Gasteiger partial charge in [0, 0.05) is 6.61 Å². The number of aliphatic hydroxyl groups excluding tert-OH is 1. The highest BCUT2D eigenvalue weighted by Gasteiger charge is 2.10. The predicted octanol–water partition coefficient (Wildman–Crippen LogP) is 2.59. The molecule has 0 fully saturated rings. The van der Waals surface area contributed by atoms with E-state index in [1.807, 2.05) is 30.3 Å². The Bertz CT molecular complexity index is 544. The van der Waals surface area contributed by atoms with Crippen LogP contribution in [0.4, 0.5) is 0 Å². The van der Waals surface area contributed by atoms with E-state index in [4.69, 9.17) is 10.2 Å². The van der Waals surface area contributed by atoms with Gasteiger partial charge in [-0.05, 0) is 29.2 Å². The monoisotopic (exact) mass is 242 g/mol. The zero-order chi connectivity index (χ0) is 13.0. The van der Waals surface area contributed by atoms with Crippen LogP contribution in [0.25, 0.3) is 11.1 Å². The highest BCUT2D eigenvalue weighted by molar-refractivity contribution is 5.95. The Morgan fingerprint density at radius 3 is 2.28 bits per heavy atom. The minimum Gasteiger partial charge on any atom is -0.478 e. The average Bonchev–Trinajstić information content (AvgIpc) is 2.40. The summed E-state index contributed by atoms with van der Waals surface area (Å²) in [5, 5.41) is 18.0. The maximum atomic E-state index is 11.1. The van der Waals surface area contributed by atoms with Gasteiger partial charge in [0.1, 0.15) is 0 Å². The van der Waals surface area contributed by atoms with E-state index < -0.39 is 5.97 Å². The van der Waals surface area contributed by atoms with Crippen LogP contribution in [0.1, 0.15) is 15.9 Å². The Morgan fingerprint density at radius 2 is 1.67 bits per heavy atom. The van der Waals surface area contributed by atoms with Crippen LogP contribution in [-0.2, 0) is 6.42 Å². The zero-order valence-electron chi connectivity index (χ0n) is 9.84. The second-order valence-electron chi connectivity index (χ2n) is 4.02. The number of hydrogen-bond donors (Lipinski definition) is 2. The Hall–Kier alpha value is -2.13. The second kappa shape index (κ2) is 5.47. The first-order chi connectivity index (χ1) is 8.72. The lowest BCUT2D eigenvalue weighted by Crippen LogP contribution is -1.99. The van der Waals surface area contributed by atoms with Crippen molar-refractivity contribution in [3.05, 3.63) is 59.7 Å². The zero-order valence-corrected chi connectivity index (χ0v) is 9.84. The molecule has 0 bridgehead atoms. The highest BCUT2D eigenvalue weighted by Crippen LogP contribution is 2.24. The summed E-state index contributed by atoms with van der Waals surface area (Å²) in [6.45, 7) is 0.116. The van der Waals surface area contributed by atoms with Crippen molar-refractivity contribution in [3.63, 3.8) is 0 Å². The molecule has 0 aliphatic heterocycles. The molecule has 0 atom stereocenters. The van der Waals surface area contributed by atoms with Gasteiger partial charge in [0.15, 0.2) is 0 Å². The molecule has 3 heteroatoms. The predicted molar refractivity (Wildman–Crippen MR) is 69.6 cm³/mol. The van der Waals surface area contributed by atoms with Crippen LogP contribution in [0.2, 0.25) is 0 Å². The minimum absolute atomic E-state index is 0.116.